The molecule has 0 saturated carbocycles. The number of carboxylic acid groups (broad SMARTS) is 1. The average Bonchev–Trinajstić information content (AvgIpc) is 2.51. The predicted molar refractivity (Wildman–Crippen MR) is 81.6 cm³/mol. The maximum Gasteiger partial charge on any atom is 0.358 e. The summed E-state index contributed by atoms with van der Waals surface area (Å²) in [5.74, 6) is -0.309. The van der Waals surface area contributed by atoms with Gasteiger partial charge in [0, 0.05) is 16.5 Å². The van der Waals surface area contributed by atoms with Gasteiger partial charge in [0.25, 0.3) is 0 Å². The quantitative estimate of drug-likeness (QED) is 0.769. The van der Waals surface area contributed by atoms with Gasteiger partial charge in [-0.25, -0.2) is 9.78 Å². The van der Waals surface area contributed by atoms with Gasteiger partial charge in [-0.3, -0.25) is 0 Å². The van der Waals surface area contributed by atoms with Crippen LogP contribution in [0.3, 0.4) is 0 Å². The Morgan fingerprint density at radius 1 is 1.05 bits per heavy atom. The van der Waals surface area contributed by atoms with Crippen molar-refractivity contribution in [2.75, 3.05) is 0 Å². The van der Waals surface area contributed by atoms with Crippen molar-refractivity contribution in [2.24, 2.45) is 0 Å². The second kappa shape index (κ2) is 5.37. The van der Waals surface area contributed by atoms with Gasteiger partial charge in [-0.05, 0) is 37.3 Å². The minimum atomic E-state index is -1.26. The highest BCUT2D eigenvalue weighted by atomic mass is 16.5. The minimum absolute atomic E-state index is 0.334. The van der Waals surface area contributed by atoms with Gasteiger partial charge in [-0.2, -0.15) is 0 Å². The van der Waals surface area contributed by atoms with Crippen LogP contribution in [0.5, 0.6) is 17.2 Å². The molecule has 5 heteroatoms. The number of benzene rings is 2. The fraction of sp³-hybridized carbons (Fsp3) is 0.0588. The number of hydrogen-bond acceptors (Lipinski definition) is 4. The Morgan fingerprint density at radius 3 is 2.45 bits per heavy atom. The van der Waals surface area contributed by atoms with Gasteiger partial charge >= 0.3 is 5.97 Å². The van der Waals surface area contributed by atoms with Gasteiger partial charge in [0.2, 0.25) is 0 Å². The Bertz CT molecular complexity index is 859. The third-order valence-electron chi connectivity index (χ3n) is 3.32. The summed E-state index contributed by atoms with van der Waals surface area (Å²) in [4.78, 5) is 15.0. The molecule has 0 atom stereocenters. The van der Waals surface area contributed by atoms with E-state index in [0.29, 0.717) is 28.0 Å². The zero-order chi connectivity index (χ0) is 15.7. The van der Waals surface area contributed by atoms with E-state index in [1.165, 1.54) is 0 Å². The minimum Gasteiger partial charge on any atom is -0.505 e. The summed E-state index contributed by atoms with van der Waals surface area (Å²) in [6.45, 7) is 1.69. The van der Waals surface area contributed by atoms with Crippen molar-refractivity contribution >= 4 is 16.7 Å². The lowest BCUT2D eigenvalue weighted by molar-refractivity contribution is 0.0687. The van der Waals surface area contributed by atoms with Crippen LogP contribution in [-0.4, -0.2) is 21.2 Å². The molecule has 110 valence electrons. The lowest BCUT2D eigenvalue weighted by atomic mass is 10.1. The number of aromatic carboxylic acids is 1. The lowest BCUT2D eigenvalue weighted by Gasteiger charge is -2.10. The Hall–Kier alpha value is -3.08. The standard InChI is InChI=1S/C17H13NO4/c1-10-14-9-12(22-11-5-3-2-4-6-11)7-8-13(14)16(19)15(18-10)17(20)21/h2-9,19H,1H3,(H,20,21). The highest BCUT2D eigenvalue weighted by Crippen LogP contribution is 2.33. The lowest BCUT2D eigenvalue weighted by Crippen LogP contribution is -2.03. The van der Waals surface area contributed by atoms with E-state index in [2.05, 4.69) is 4.98 Å². The highest BCUT2D eigenvalue weighted by molar-refractivity contribution is 5.99. The van der Waals surface area contributed by atoms with Gasteiger partial charge in [-0.15, -0.1) is 0 Å². The van der Waals surface area contributed by atoms with Crippen molar-refractivity contribution in [1.82, 2.24) is 4.98 Å². The van der Waals surface area contributed by atoms with E-state index in [9.17, 15) is 9.90 Å². The van der Waals surface area contributed by atoms with Crippen molar-refractivity contribution < 1.29 is 19.7 Å². The monoisotopic (exact) mass is 295 g/mol. The molecule has 0 aliphatic heterocycles. The van der Waals surface area contributed by atoms with Gasteiger partial charge < -0.3 is 14.9 Å². The largest absolute Gasteiger partial charge is 0.505 e. The van der Waals surface area contributed by atoms with Crippen LogP contribution in [0.2, 0.25) is 0 Å². The average molecular weight is 295 g/mol. The van der Waals surface area contributed by atoms with Crippen LogP contribution in [0.25, 0.3) is 10.8 Å². The topological polar surface area (TPSA) is 79.7 Å². The Balaban J connectivity index is 2.09. The molecule has 2 N–H and O–H groups in total. The maximum absolute atomic E-state index is 11.1. The number of fused-ring (bicyclic) bond motifs is 1. The molecular weight excluding hydrogens is 282 g/mol. The predicted octanol–water partition coefficient (Wildman–Crippen LogP) is 3.74. The van der Waals surface area contributed by atoms with Crippen LogP contribution >= 0.6 is 0 Å². The zero-order valence-electron chi connectivity index (χ0n) is 11.8. The molecule has 0 aliphatic rings. The number of carboxylic acids is 1. The number of pyridine rings is 1. The zero-order valence-corrected chi connectivity index (χ0v) is 11.8. The van der Waals surface area contributed by atoms with E-state index in [1.54, 1.807) is 25.1 Å². The maximum atomic E-state index is 11.1. The molecule has 3 rings (SSSR count). The molecule has 0 saturated heterocycles. The van der Waals surface area contributed by atoms with Crippen molar-refractivity contribution in [2.45, 2.75) is 6.92 Å². The van der Waals surface area contributed by atoms with Crippen LogP contribution < -0.4 is 4.74 Å². The molecule has 5 nitrogen and oxygen atoms in total. The number of aryl methyl sites for hydroxylation is 1. The summed E-state index contributed by atoms with van der Waals surface area (Å²) in [6, 6.07) is 14.3. The number of aromatic hydroxyl groups is 1. The van der Waals surface area contributed by atoms with E-state index in [4.69, 9.17) is 9.84 Å². The van der Waals surface area contributed by atoms with Crippen LogP contribution in [-0.2, 0) is 0 Å². The Kier molecular flexibility index (Phi) is 3.39. The number of nitrogens with zero attached hydrogens (tertiary/aromatic N) is 1. The molecule has 1 heterocycles. The highest BCUT2D eigenvalue weighted by Gasteiger charge is 2.17. The molecule has 0 bridgehead atoms. The van der Waals surface area contributed by atoms with Gasteiger partial charge in [0.1, 0.15) is 11.5 Å². The molecule has 22 heavy (non-hydrogen) atoms. The van der Waals surface area contributed by atoms with Crippen LogP contribution in [0.4, 0.5) is 0 Å². The smallest absolute Gasteiger partial charge is 0.358 e. The van der Waals surface area contributed by atoms with E-state index >= 15 is 0 Å². The molecule has 2 aromatic carbocycles. The van der Waals surface area contributed by atoms with Crippen molar-refractivity contribution in [1.29, 1.82) is 0 Å². The SMILES string of the molecule is Cc1nc(C(=O)O)c(O)c2ccc(Oc3ccccc3)cc12. The van der Waals surface area contributed by atoms with Crippen molar-refractivity contribution in [3.05, 3.63) is 59.9 Å². The van der Waals surface area contributed by atoms with Crippen LogP contribution in [0.1, 0.15) is 16.2 Å². The number of aromatic nitrogens is 1. The van der Waals surface area contributed by atoms with Gasteiger partial charge in [-0.1, -0.05) is 18.2 Å². The summed E-state index contributed by atoms with van der Waals surface area (Å²) in [7, 11) is 0. The first-order chi connectivity index (χ1) is 10.6. The molecule has 1 aromatic heterocycles. The summed E-state index contributed by atoms with van der Waals surface area (Å²) < 4.78 is 5.73. The van der Waals surface area contributed by atoms with Crippen molar-refractivity contribution in [3.8, 4) is 17.2 Å². The summed E-state index contributed by atoms with van der Waals surface area (Å²) in [5.41, 5.74) is 0.172. The number of rotatable bonds is 3. The van der Waals surface area contributed by atoms with Gasteiger partial charge in [0.05, 0.1) is 0 Å². The number of hydrogen-bond donors (Lipinski definition) is 2. The third kappa shape index (κ3) is 2.44. The normalized spacial score (nSPS) is 10.6. The fourth-order valence-corrected chi connectivity index (χ4v) is 2.27. The van der Waals surface area contributed by atoms with E-state index in [-0.39, 0.29) is 11.4 Å². The first kappa shape index (κ1) is 13.9. The molecule has 0 radical (unpaired) electrons. The fourth-order valence-electron chi connectivity index (χ4n) is 2.27. The molecule has 0 amide bonds. The summed E-state index contributed by atoms with van der Waals surface area (Å²) in [5, 5.41) is 20.2. The second-order valence-corrected chi connectivity index (χ2v) is 4.82. The first-order valence-corrected chi connectivity index (χ1v) is 6.66. The number of para-hydroxylation sites is 1. The molecule has 3 aromatic rings. The van der Waals surface area contributed by atoms with Crippen LogP contribution in [0.15, 0.2) is 48.5 Å². The Labute approximate surface area is 126 Å². The third-order valence-corrected chi connectivity index (χ3v) is 3.32. The molecule has 0 fully saturated rings. The molecular formula is C17H13NO4. The summed E-state index contributed by atoms with van der Waals surface area (Å²) in [6.07, 6.45) is 0. The second-order valence-electron chi connectivity index (χ2n) is 4.82. The van der Waals surface area contributed by atoms with Gasteiger partial charge in [0.15, 0.2) is 11.4 Å². The van der Waals surface area contributed by atoms with E-state index in [1.807, 2.05) is 30.3 Å². The molecule has 0 spiro atoms. The number of ether oxygens (including phenoxy) is 1. The molecule has 0 aliphatic carbocycles. The number of carbonyl (C=O) groups is 1. The van der Waals surface area contributed by atoms with Crippen molar-refractivity contribution in [3.63, 3.8) is 0 Å². The molecule has 0 unspecified atom stereocenters. The van der Waals surface area contributed by atoms with Crippen LogP contribution in [0, 0.1) is 6.92 Å². The van der Waals surface area contributed by atoms with E-state index in [0.717, 1.165) is 0 Å². The van der Waals surface area contributed by atoms with E-state index < -0.39 is 5.97 Å². The Morgan fingerprint density at radius 2 is 1.77 bits per heavy atom. The summed E-state index contributed by atoms with van der Waals surface area (Å²) >= 11 is 0. The first-order valence-electron chi connectivity index (χ1n) is 6.66.